The number of aliphatic hydroxyl groups excluding tert-OH is 2. The second kappa shape index (κ2) is 7.31. The molecule has 0 saturated heterocycles. The van der Waals surface area contributed by atoms with Crippen molar-refractivity contribution in [2.75, 3.05) is 6.61 Å². The molecule has 0 aromatic rings. The van der Waals surface area contributed by atoms with Crippen molar-refractivity contribution in [3.8, 4) is 0 Å². The third-order valence-corrected chi connectivity index (χ3v) is 10.7. The van der Waals surface area contributed by atoms with Crippen LogP contribution in [0.2, 0.25) is 0 Å². The molecule has 0 radical (unpaired) electrons. The summed E-state index contributed by atoms with van der Waals surface area (Å²) in [5.41, 5.74) is 0.853. The maximum Gasteiger partial charge on any atom is 0.0605 e. The molecule has 4 rings (SSSR count). The Balaban J connectivity index is 1.67. The van der Waals surface area contributed by atoms with Gasteiger partial charge in [0.2, 0.25) is 0 Å². The molecule has 2 heteroatoms. The van der Waals surface area contributed by atoms with E-state index < -0.39 is 0 Å². The minimum absolute atomic E-state index is 0.0762. The average molecular weight is 377 g/mol. The zero-order valence-corrected chi connectivity index (χ0v) is 18.3. The van der Waals surface area contributed by atoms with E-state index in [1.54, 1.807) is 0 Å². The molecule has 0 aliphatic heterocycles. The van der Waals surface area contributed by atoms with Gasteiger partial charge in [0.25, 0.3) is 0 Å². The lowest BCUT2D eigenvalue weighted by atomic mass is 9.41. The van der Waals surface area contributed by atoms with Crippen molar-refractivity contribution in [2.45, 2.75) is 98.0 Å². The maximum absolute atomic E-state index is 11.7. The third kappa shape index (κ3) is 2.87. The zero-order valence-electron chi connectivity index (χ0n) is 18.3. The van der Waals surface area contributed by atoms with Crippen molar-refractivity contribution in [3.63, 3.8) is 0 Å². The first kappa shape index (κ1) is 20.2. The van der Waals surface area contributed by atoms with Crippen LogP contribution in [-0.4, -0.2) is 22.9 Å². The van der Waals surface area contributed by atoms with Crippen LogP contribution in [0.25, 0.3) is 0 Å². The van der Waals surface area contributed by atoms with E-state index >= 15 is 0 Å². The monoisotopic (exact) mass is 376 g/mol. The lowest BCUT2D eigenvalue weighted by molar-refractivity contribution is -0.194. The molecule has 4 saturated carbocycles. The standard InChI is InChI=1S/C25H44O2/c1-5-17-19-8-6-7-13-24(19,3)21-11-14-25(4)18(16(2)12-15-26)9-10-20(25)22(21)23(17)27/h16-23,26-27H,5-15H2,1-4H3/t16-,17-,18?,19?,20?,21?,22?,23?,24?,25?/m1/s1. The van der Waals surface area contributed by atoms with Crippen molar-refractivity contribution < 1.29 is 10.2 Å². The summed E-state index contributed by atoms with van der Waals surface area (Å²) >= 11 is 0. The van der Waals surface area contributed by atoms with E-state index in [0.29, 0.717) is 41.1 Å². The number of hydrogen-bond acceptors (Lipinski definition) is 2. The van der Waals surface area contributed by atoms with Crippen LogP contribution in [0.15, 0.2) is 0 Å². The van der Waals surface area contributed by atoms with Gasteiger partial charge in [-0.2, -0.15) is 0 Å². The van der Waals surface area contributed by atoms with Gasteiger partial charge in [-0.3, -0.25) is 0 Å². The lowest BCUT2D eigenvalue weighted by Gasteiger charge is -2.64. The van der Waals surface area contributed by atoms with Crippen LogP contribution in [0, 0.1) is 52.3 Å². The van der Waals surface area contributed by atoms with Crippen molar-refractivity contribution in [3.05, 3.63) is 0 Å². The normalized spacial score (nSPS) is 53.3. The van der Waals surface area contributed by atoms with Crippen LogP contribution in [0.4, 0.5) is 0 Å². The Morgan fingerprint density at radius 2 is 1.67 bits per heavy atom. The minimum Gasteiger partial charge on any atom is -0.396 e. The van der Waals surface area contributed by atoms with E-state index in [4.69, 9.17) is 0 Å². The Morgan fingerprint density at radius 1 is 0.926 bits per heavy atom. The Hall–Kier alpha value is -0.0800. The Bertz CT molecular complexity index is 532. The SMILES string of the molecule is CC[C@H]1C(O)C2C(CCC3(C)C2CCC3[C@H](C)CCO)C2(C)CCCCC12. The predicted molar refractivity (Wildman–Crippen MR) is 111 cm³/mol. The molecule has 4 aliphatic rings. The van der Waals surface area contributed by atoms with Gasteiger partial charge < -0.3 is 10.2 Å². The molecule has 2 nitrogen and oxygen atoms in total. The first-order chi connectivity index (χ1) is 12.9. The minimum atomic E-state index is -0.0762. The largest absolute Gasteiger partial charge is 0.396 e. The van der Waals surface area contributed by atoms with E-state index in [9.17, 15) is 10.2 Å². The van der Waals surface area contributed by atoms with E-state index in [2.05, 4.69) is 27.7 Å². The summed E-state index contributed by atoms with van der Waals surface area (Å²) in [7, 11) is 0. The van der Waals surface area contributed by atoms with Gasteiger partial charge in [-0.25, -0.2) is 0 Å². The average Bonchev–Trinajstić information content (AvgIpc) is 3.00. The highest BCUT2D eigenvalue weighted by Crippen LogP contribution is 2.69. The van der Waals surface area contributed by atoms with Gasteiger partial charge in [-0.15, -0.1) is 0 Å². The molecule has 4 fully saturated rings. The van der Waals surface area contributed by atoms with Gasteiger partial charge in [-0.1, -0.05) is 47.0 Å². The summed E-state index contributed by atoms with van der Waals surface area (Å²) in [5, 5.41) is 21.2. The quantitative estimate of drug-likeness (QED) is 0.664. The Labute approximate surface area is 167 Å². The van der Waals surface area contributed by atoms with Crippen LogP contribution in [0.1, 0.15) is 91.9 Å². The lowest BCUT2D eigenvalue weighted by Crippen LogP contribution is -2.61. The molecule has 27 heavy (non-hydrogen) atoms. The summed E-state index contributed by atoms with van der Waals surface area (Å²) in [6.07, 6.45) is 12.9. The van der Waals surface area contributed by atoms with Gasteiger partial charge >= 0.3 is 0 Å². The fourth-order valence-corrected chi connectivity index (χ4v) is 9.42. The molecular weight excluding hydrogens is 332 g/mol. The summed E-state index contributed by atoms with van der Waals surface area (Å²) in [6, 6.07) is 0. The van der Waals surface area contributed by atoms with Crippen LogP contribution in [-0.2, 0) is 0 Å². The van der Waals surface area contributed by atoms with Crippen LogP contribution in [0.5, 0.6) is 0 Å². The molecule has 2 N–H and O–H groups in total. The Morgan fingerprint density at radius 3 is 2.37 bits per heavy atom. The maximum atomic E-state index is 11.7. The fraction of sp³-hybridized carbons (Fsp3) is 1.00. The molecule has 0 amide bonds. The van der Waals surface area contributed by atoms with Gasteiger partial charge in [0, 0.05) is 6.61 Å². The summed E-state index contributed by atoms with van der Waals surface area (Å²) < 4.78 is 0. The van der Waals surface area contributed by atoms with Crippen LogP contribution < -0.4 is 0 Å². The highest BCUT2D eigenvalue weighted by Gasteiger charge is 2.64. The van der Waals surface area contributed by atoms with E-state index in [1.165, 1.54) is 51.4 Å². The predicted octanol–water partition coefficient (Wildman–Crippen LogP) is 5.66. The van der Waals surface area contributed by atoms with E-state index in [-0.39, 0.29) is 6.10 Å². The van der Waals surface area contributed by atoms with Crippen LogP contribution in [0.3, 0.4) is 0 Å². The highest BCUT2D eigenvalue weighted by molar-refractivity contribution is 5.13. The molecule has 0 bridgehead atoms. The molecule has 0 aromatic heterocycles. The van der Waals surface area contributed by atoms with Crippen molar-refractivity contribution in [2.24, 2.45) is 52.3 Å². The van der Waals surface area contributed by atoms with Crippen molar-refractivity contribution >= 4 is 0 Å². The van der Waals surface area contributed by atoms with Crippen LogP contribution >= 0.6 is 0 Å². The summed E-state index contributed by atoms with van der Waals surface area (Å²) in [4.78, 5) is 0. The molecule has 0 aromatic carbocycles. The first-order valence-electron chi connectivity index (χ1n) is 12.2. The molecule has 8 unspecified atom stereocenters. The van der Waals surface area contributed by atoms with E-state index in [0.717, 1.165) is 30.6 Å². The van der Waals surface area contributed by atoms with Crippen molar-refractivity contribution in [1.29, 1.82) is 0 Å². The molecule has 0 spiro atoms. The van der Waals surface area contributed by atoms with Gasteiger partial charge in [-0.05, 0) is 97.2 Å². The third-order valence-electron chi connectivity index (χ3n) is 10.7. The smallest absolute Gasteiger partial charge is 0.0605 e. The van der Waals surface area contributed by atoms with Gasteiger partial charge in [0.15, 0.2) is 0 Å². The molecule has 4 aliphatic carbocycles. The number of fused-ring (bicyclic) bond motifs is 5. The summed E-state index contributed by atoms with van der Waals surface area (Å²) in [6.45, 7) is 10.2. The van der Waals surface area contributed by atoms with Gasteiger partial charge in [0.1, 0.15) is 0 Å². The Kier molecular flexibility index (Phi) is 5.47. The first-order valence-corrected chi connectivity index (χ1v) is 12.2. The molecule has 10 atom stereocenters. The molecular formula is C25H44O2. The van der Waals surface area contributed by atoms with Crippen molar-refractivity contribution in [1.82, 2.24) is 0 Å². The number of hydrogen-bond donors (Lipinski definition) is 2. The fourth-order valence-electron chi connectivity index (χ4n) is 9.42. The second-order valence-electron chi connectivity index (χ2n) is 11.4. The molecule has 156 valence electrons. The molecule has 0 heterocycles. The number of aliphatic hydroxyl groups is 2. The zero-order chi connectivity index (χ0) is 19.4. The summed E-state index contributed by atoms with van der Waals surface area (Å²) in [5.74, 6) is 4.59. The highest BCUT2D eigenvalue weighted by atomic mass is 16.3. The van der Waals surface area contributed by atoms with Gasteiger partial charge in [0.05, 0.1) is 6.10 Å². The van der Waals surface area contributed by atoms with E-state index in [1.807, 2.05) is 0 Å². The second-order valence-corrected chi connectivity index (χ2v) is 11.4. The number of rotatable bonds is 4. The topological polar surface area (TPSA) is 40.5 Å².